The van der Waals surface area contributed by atoms with E-state index in [1.165, 1.54) is 6.07 Å². The smallest absolute Gasteiger partial charge is 0.354 e. The number of nitrogens with zero attached hydrogens (tertiary/aromatic N) is 3. The molecule has 2 heterocycles. The van der Waals surface area contributed by atoms with Crippen LogP contribution in [-0.2, 0) is 16.1 Å². The van der Waals surface area contributed by atoms with Gasteiger partial charge in [0.15, 0.2) is 0 Å². The van der Waals surface area contributed by atoms with Crippen LogP contribution in [-0.4, -0.2) is 83.2 Å². The summed E-state index contributed by atoms with van der Waals surface area (Å²) in [5.74, 6) is -1.24. The first-order chi connectivity index (χ1) is 12.7. The van der Waals surface area contributed by atoms with Crippen molar-refractivity contribution in [2.45, 2.75) is 32.9 Å². The molecule has 1 saturated heterocycles. The van der Waals surface area contributed by atoms with Gasteiger partial charge in [-0.25, -0.2) is 9.78 Å². The number of hydrogen-bond donors (Lipinski definition) is 2. The maximum absolute atomic E-state index is 12.1. The molecule has 0 unspecified atom stereocenters. The number of carbonyl (C=O) groups excluding carboxylic acids is 1. The number of hydrogen-bond acceptors (Lipinski definition) is 7. The molecule has 0 atom stereocenters. The van der Waals surface area contributed by atoms with Crippen molar-refractivity contribution >= 4 is 11.9 Å². The second kappa shape index (κ2) is 9.77. The van der Waals surface area contributed by atoms with Crippen molar-refractivity contribution in [3.05, 3.63) is 29.6 Å². The molecule has 150 valence electrons. The summed E-state index contributed by atoms with van der Waals surface area (Å²) in [5, 5.41) is 12.5. The van der Waals surface area contributed by atoms with Crippen LogP contribution in [0.2, 0.25) is 0 Å². The van der Waals surface area contributed by atoms with Crippen molar-refractivity contribution in [1.29, 1.82) is 0 Å². The van der Waals surface area contributed by atoms with Crippen molar-refractivity contribution < 1.29 is 19.4 Å². The first-order valence-corrected chi connectivity index (χ1v) is 9.29. The van der Waals surface area contributed by atoms with Crippen LogP contribution in [0.1, 0.15) is 37.0 Å². The van der Waals surface area contributed by atoms with Gasteiger partial charge in [0.25, 0.3) is 0 Å². The van der Waals surface area contributed by atoms with Gasteiger partial charge < -0.3 is 15.2 Å². The van der Waals surface area contributed by atoms with E-state index < -0.39 is 11.6 Å². The van der Waals surface area contributed by atoms with Crippen molar-refractivity contribution in [1.82, 2.24) is 20.1 Å². The fraction of sp³-hybridized carbons (Fsp3) is 0.632. The molecule has 1 fully saturated rings. The fourth-order valence-electron chi connectivity index (χ4n) is 2.89. The van der Waals surface area contributed by atoms with Gasteiger partial charge in [-0.3, -0.25) is 14.6 Å². The Bertz CT molecular complexity index is 645. The zero-order valence-electron chi connectivity index (χ0n) is 16.4. The van der Waals surface area contributed by atoms with Crippen molar-refractivity contribution in [2.24, 2.45) is 0 Å². The van der Waals surface area contributed by atoms with Gasteiger partial charge in [-0.2, -0.15) is 0 Å². The highest BCUT2D eigenvalue weighted by atomic mass is 16.6. The number of carbonyl (C=O) groups is 2. The van der Waals surface area contributed by atoms with E-state index in [9.17, 15) is 9.59 Å². The van der Waals surface area contributed by atoms with Gasteiger partial charge in [0, 0.05) is 45.8 Å². The number of rotatable bonds is 5. The molecule has 27 heavy (non-hydrogen) atoms. The van der Waals surface area contributed by atoms with Crippen LogP contribution in [0.5, 0.6) is 0 Å². The molecule has 1 aliphatic rings. The quantitative estimate of drug-likeness (QED) is 0.728. The van der Waals surface area contributed by atoms with Gasteiger partial charge in [-0.05, 0) is 32.9 Å². The van der Waals surface area contributed by atoms with Gasteiger partial charge in [-0.1, -0.05) is 6.07 Å². The molecule has 8 nitrogen and oxygen atoms in total. The molecular formula is C19H30N4O4. The zero-order valence-corrected chi connectivity index (χ0v) is 16.4. The lowest BCUT2D eigenvalue weighted by molar-refractivity contribution is -0.156. The summed E-state index contributed by atoms with van der Waals surface area (Å²) in [6.07, 6.45) is 0. The number of ether oxygens (including phenoxy) is 1. The van der Waals surface area contributed by atoms with Crippen molar-refractivity contribution in [2.75, 3.05) is 45.8 Å². The molecule has 1 aromatic rings. The van der Waals surface area contributed by atoms with E-state index in [-0.39, 0.29) is 18.2 Å². The maximum Gasteiger partial charge on any atom is 0.354 e. The SMILES string of the molecule is CC(C)(C)OC(=O)CN1CCNCCN(Cc2cccc(C(=O)O)n2)CC1. The Labute approximate surface area is 160 Å². The number of pyridine rings is 1. The highest BCUT2D eigenvalue weighted by Gasteiger charge is 2.20. The largest absolute Gasteiger partial charge is 0.477 e. The van der Waals surface area contributed by atoms with Gasteiger partial charge in [0.05, 0.1) is 12.2 Å². The molecule has 0 spiro atoms. The lowest BCUT2D eigenvalue weighted by atomic mass is 10.2. The minimum absolute atomic E-state index is 0.0569. The normalized spacial score (nSPS) is 17.6. The van der Waals surface area contributed by atoms with E-state index in [4.69, 9.17) is 9.84 Å². The van der Waals surface area contributed by atoms with Crippen LogP contribution in [0.4, 0.5) is 0 Å². The third-order valence-electron chi connectivity index (χ3n) is 4.13. The Balaban J connectivity index is 1.94. The average Bonchev–Trinajstić information content (AvgIpc) is 2.66. The van der Waals surface area contributed by atoms with Gasteiger partial charge >= 0.3 is 11.9 Å². The number of carboxylic acid groups (broad SMARTS) is 1. The highest BCUT2D eigenvalue weighted by Crippen LogP contribution is 2.08. The second-order valence-corrected chi connectivity index (χ2v) is 7.71. The number of esters is 1. The average molecular weight is 378 g/mol. The monoisotopic (exact) mass is 378 g/mol. The van der Waals surface area contributed by atoms with Crippen LogP contribution in [0.3, 0.4) is 0 Å². The molecule has 0 bridgehead atoms. The van der Waals surface area contributed by atoms with E-state index in [1.54, 1.807) is 6.07 Å². The first kappa shape index (κ1) is 21.3. The minimum Gasteiger partial charge on any atom is -0.477 e. The summed E-state index contributed by atoms with van der Waals surface area (Å²) < 4.78 is 5.42. The summed E-state index contributed by atoms with van der Waals surface area (Å²) in [6.45, 7) is 11.2. The maximum atomic E-state index is 12.1. The predicted octanol–water partition coefficient (Wildman–Crippen LogP) is 0.829. The van der Waals surface area contributed by atoms with Crippen molar-refractivity contribution in [3.8, 4) is 0 Å². The number of nitrogens with one attached hydrogen (secondary N) is 1. The predicted molar refractivity (Wildman–Crippen MR) is 102 cm³/mol. The van der Waals surface area contributed by atoms with E-state index in [0.717, 1.165) is 45.0 Å². The van der Waals surface area contributed by atoms with Crippen LogP contribution < -0.4 is 5.32 Å². The van der Waals surface area contributed by atoms with E-state index in [2.05, 4.69) is 20.1 Å². The Hall–Kier alpha value is -2.03. The molecule has 0 aromatic carbocycles. The molecule has 0 saturated carbocycles. The van der Waals surface area contributed by atoms with Gasteiger partial charge in [-0.15, -0.1) is 0 Å². The molecule has 8 heteroatoms. The van der Waals surface area contributed by atoms with Crippen LogP contribution in [0.15, 0.2) is 18.2 Å². The summed E-state index contributed by atoms with van der Waals surface area (Å²) in [4.78, 5) is 31.7. The number of aromatic nitrogens is 1. The summed E-state index contributed by atoms with van der Waals surface area (Å²) in [5.41, 5.74) is 0.302. The third-order valence-corrected chi connectivity index (χ3v) is 4.13. The molecular weight excluding hydrogens is 348 g/mol. The lowest BCUT2D eigenvalue weighted by Gasteiger charge is -2.26. The standard InChI is InChI=1S/C19H30N4O4/c1-19(2,3)27-17(24)14-23-10-8-20-7-9-22(11-12-23)13-15-5-4-6-16(21-15)18(25)26/h4-6,20H,7-14H2,1-3H3,(H,25,26). The van der Waals surface area contributed by atoms with Crippen LogP contribution >= 0.6 is 0 Å². The third kappa shape index (κ3) is 8.03. The molecule has 2 N–H and O–H groups in total. The van der Waals surface area contributed by atoms with Crippen LogP contribution in [0.25, 0.3) is 0 Å². The molecule has 1 aromatic heterocycles. The number of aromatic carboxylic acids is 1. The first-order valence-electron chi connectivity index (χ1n) is 9.29. The van der Waals surface area contributed by atoms with E-state index in [1.807, 2.05) is 26.8 Å². The highest BCUT2D eigenvalue weighted by molar-refractivity contribution is 5.85. The molecule has 0 radical (unpaired) electrons. The molecule has 0 amide bonds. The lowest BCUT2D eigenvalue weighted by Crippen LogP contribution is -2.40. The minimum atomic E-state index is -1.02. The summed E-state index contributed by atoms with van der Waals surface area (Å²) in [6, 6.07) is 5.05. The Morgan fingerprint density at radius 1 is 1.15 bits per heavy atom. The summed E-state index contributed by atoms with van der Waals surface area (Å²) in [7, 11) is 0. The van der Waals surface area contributed by atoms with Crippen LogP contribution in [0, 0.1) is 0 Å². The van der Waals surface area contributed by atoms with Gasteiger partial charge in [0.1, 0.15) is 11.3 Å². The molecule has 0 aliphatic carbocycles. The Morgan fingerprint density at radius 3 is 2.48 bits per heavy atom. The van der Waals surface area contributed by atoms with E-state index >= 15 is 0 Å². The molecule has 2 rings (SSSR count). The summed E-state index contributed by atoms with van der Waals surface area (Å²) >= 11 is 0. The fourth-order valence-corrected chi connectivity index (χ4v) is 2.89. The number of carboxylic acids is 1. The second-order valence-electron chi connectivity index (χ2n) is 7.71. The van der Waals surface area contributed by atoms with Crippen molar-refractivity contribution in [3.63, 3.8) is 0 Å². The zero-order chi connectivity index (χ0) is 19.9. The Kier molecular flexibility index (Phi) is 7.70. The van der Waals surface area contributed by atoms with E-state index in [0.29, 0.717) is 6.54 Å². The van der Waals surface area contributed by atoms with Gasteiger partial charge in [0.2, 0.25) is 0 Å². The molecule has 1 aliphatic heterocycles. The Morgan fingerprint density at radius 2 is 1.81 bits per heavy atom. The topological polar surface area (TPSA) is 95.0 Å².